The number of rotatable bonds is 7. The number of halogens is 1. The highest BCUT2D eigenvalue weighted by Gasteiger charge is 2.35. The van der Waals surface area contributed by atoms with E-state index in [4.69, 9.17) is 21.1 Å². The van der Waals surface area contributed by atoms with Crippen LogP contribution in [0.3, 0.4) is 0 Å². The molecule has 0 unspecified atom stereocenters. The smallest absolute Gasteiger partial charge is 0.252 e. The van der Waals surface area contributed by atoms with Gasteiger partial charge in [0.15, 0.2) is 11.5 Å². The molecule has 0 spiro atoms. The minimum Gasteiger partial charge on any atom is -0.493 e. The fraction of sp³-hybridized carbons (Fsp3) is 0.375. The Kier molecular flexibility index (Phi) is 6.70. The number of ether oxygens (including phenoxy) is 2. The molecule has 1 aliphatic rings. The first-order valence-electron chi connectivity index (χ1n) is 10.8. The van der Waals surface area contributed by atoms with Crippen LogP contribution in [-0.2, 0) is 16.6 Å². The molecule has 0 aliphatic heterocycles. The highest BCUT2D eigenvalue weighted by atomic mass is 35.5. The lowest BCUT2D eigenvalue weighted by molar-refractivity contribution is 0.315. The van der Waals surface area contributed by atoms with E-state index in [-0.39, 0.29) is 23.0 Å². The summed E-state index contributed by atoms with van der Waals surface area (Å²) >= 11 is 6.13. The third-order valence-corrected chi connectivity index (χ3v) is 8.50. The monoisotopic (exact) mass is 490 g/mol. The summed E-state index contributed by atoms with van der Waals surface area (Å²) in [7, 11) is -0.812. The Morgan fingerprint density at radius 2 is 1.73 bits per heavy atom. The molecule has 176 valence electrons. The standard InChI is InChI=1S/C24H27ClN2O5S/c1-15-8-9-18(25)12-23(15)33(29,30)27(19-6-4-5-7-19)14-17-10-16-11-21(31-2)22(32-3)13-20(16)26-24(17)28/h8-13,19H,4-7,14H2,1-3H3,(H,26,28). The largest absolute Gasteiger partial charge is 0.493 e. The van der Waals surface area contributed by atoms with Crippen molar-refractivity contribution in [3.05, 3.63) is 62.9 Å². The average Bonchev–Trinajstić information content (AvgIpc) is 3.32. The molecular formula is C24H27ClN2O5S. The third-order valence-electron chi connectivity index (χ3n) is 6.22. The van der Waals surface area contributed by atoms with Crippen molar-refractivity contribution in [2.75, 3.05) is 14.2 Å². The molecule has 1 aliphatic carbocycles. The van der Waals surface area contributed by atoms with Crippen LogP contribution in [0.1, 0.15) is 36.8 Å². The second-order valence-electron chi connectivity index (χ2n) is 8.32. The predicted octanol–water partition coefficient (Wildman–Crippen LogP) is 4.64. The van der Waals surface area contributed by atoms with Crippen molar-refractivity contribution < 1.29 is 17.9 Å². The van der Waals surface area contributed by atoms with Crippen LogP contribution in [0.4, 0.5) is 0 Å². The number of aromatic nitrogens is 1. The van der Waals surface area contributed by atoms with Gasteiger partial charge in [0.25, 0.3) is 5.56 Å². The SMILES string of the molecule is COc1cc2cc(CN(C3CCCC3)S(=O)(=O)c3cc(Cl)ccc3C)c(=O)[nH]c2cc1OC. The first kappa shape index (κ1) is 23.6. The van der Waals surface area contributed by atoms with Gasteiger partial charge in [-0.05, 0) is 49.6 Å². The number of pyridine rings is 1. The molecule has 4 rings (SSSR count). The van der Waals surface area contributed by atoms with Gasteiger partial charge in [-0.1, -0.05) is 30.5 Å². The molecule has 9 heteroatoms. The first-order valence-corrected chi connectivity index (χ1v) is 12.6. The molecule has 1 saturated carbocycles. The molecule has 0 bridgehead atoms. The zero-order valence-electron chi connectivity index (χ0n) is 18.9. The summed E-state index contributed by atoms with van der Waals surface area (Å²) in [6, 6.07) is 9.86. The van der Waals surface area contributed by atoms with Gasteiger partial charge in [-0.15, -0.1) is 0 Å². The van der Waals surface area contributed by atoms with Crippen molar-refractivity contribution in [1.29, 1.82) is 0 Å². The molecular weight excluding hydrogens is 464 g/mol. The highest BCUT2D eigenvalue weighted by Crippen LogP contribution is 2.34. The Morgan fingerprint density at radius 3 is 2.39 bits per heavy atom. The van der Waals surface area contributed by atoms with Crippen molar-refractivity contribution >= 4 is 32.5 Å². The molecule has 3 aromatic rings. The summed E-state index contributed by atoms with van der Waals surface area (Å²) < 4.78 is 39.7. The molecule has 0 radical (unpaired) electrons. The number of fused-ring (bicyclic) bond motifs is 1. The van der Waals surface area contributed by atoms with E-state index in [0.29, 0.717) is 33.2 Å². The van der Waals surface area contributed by atoms with Gasteiger partial charge in [-0.3, -0.25) is 4.79 Å². The van der Waals surface area contributed by atoms with Gasteiger partial charge in [0.2, 0.25) is 10.0 Å². The van der Waals surface area contributed by atoms with Gasteiger partial charge >= 0.3 is 0 Å². The molecule has 0 saturated heterocycles. The fourth-order valence-electron chi connectivity index (χ4n) is 4.44. The van der Waals surface area contributed by atoms with E-state index in [9.17, 15) is 13.2 Å². The van der Waals surface area contributed by atoms with E-state index >= 15 is 0 Å². The van der Waals surface area contributed by atoms with Crippen molar-refractivity contribution in [3.63, 3.8) is 0 Å². The van der Waals surface area contributed by atoms with Crippen molar-refractivity contribution in [2.24, 2.45) is 0 Å². The molecule has 0 atom stereocenters. The van der Waals surface area contributed by atoms with Crippen LogP contribution in [0.15, 0.2) is 46.1 Å². The van der Waals surface area contributed by atoms with E-state index in [1.165, 1.54) is 24.6 Å². The van der Waals surface area contributed by atoms with E-state index in [2.05, 4.69) is 4.98 Å². The molecule has 1 heterocycles. The fourth-order valence-corrected chi connectivity index (χ4v) is 6.60. The average molecular weight is 491 g/mol. The second-order valence-corrected chi connectivity index (χ2v) is 10.6. The maximum absolute atomic E-state index is 13.8. The Morgan fingerprint density at radius 1 is 1.06 bits per heavy atom. The molecule has 7 nitrogen and oxygen atoms in total. The quantitative estimate of drug-likeness (QED) is 0.521. The zero-order chi connectivity index (χ0) is 23.8. The Labute approximate surface area is 198 Å². The number of H-pyrrole nitrogens is 1. The van der Waals surface area contributed by atoms with Crippen molar-refractivity contribution in [2.45, 2.75) is 50.1 Å². The number of sulfonamides is 1. The molecule has 0 amide bonds. The lowest BCUT2D eigenvalue weighted by Crippen LogP contribution is -2.40. The van der Waals surface area contributed by atoms with Gasteiger partial charge in [-0.25, -0.2) is 8.42 Å². The van der Waals surface area contributed by atoms with Gasteiger partial charge < -0.3 is 14.5 Å². The van der Waals surface area contributed by atoms with Crippen LogP contribution in [0.2, 0.25) is 5.02 Å². The summed E-state index contributed by atoms with van der Waals surface area (Å²) in [6.07, 6.45) is 3.43. The number of aryl methyl sites for hydroxylation is 1. The summed E-state index contributed by atoms with van der Waals surface area (Å²) in [5.41, 5.74) is 1.23. The van der Waals surface area contributed by atoms with Crippen LogP contribution in [0.25, 0.3) is 10.9 Å². The van der Waals surface area contributed by atoms with Gasteiger partial charge in [-0.2, -0.15) is 4.31 Å². The van der Waals surface area contributed by atoms with Gasteiger partial charge in [0, 0.05) is 34.6 Å². The highest BCUT2D eigenvalue weighted by molar-refractivity contribution is 7.89. The number of methoxy groups -OCH3 is 2. The van der Waals surface area contributed by atoms with E-state index < -0.39 is 10.0 Å². The minimum absolute atomic E-state index is 0.0292. The number of nitrogens with one attached hydrogen (secondary N) is 1. The molecule has 33 heavy (non-hydrogen) atoms. The third kappa shape index (κ3) is 4.60. The normalized spacial score (nSPS) is 14.8. The van der Waals surface area contributed by atoms with Crippen LogP contribution in [-0.4, -0.2) is 38.0 Å². The molecule has 1 aromatic heterocycles. The van der Waals surface area contributed by atoms with Crippen LogP contribution in [0, 0.1) is 6.92 Å². The number of hydrogen-bond donors (Lipinski definition) is 1. The zero-order valence-corrected chi connectivity index (χ0v) is 20.4. The van der Waals surface area contributed by atoms with Crippen LogP contribution >= 0.6 is 11.6 Å². The second kappa shape index (κ2) is 9.37. The Hall–Kier alpha value is -2.55. The number of benzene rings is 2. The first-order chi connectivity index (χ1) is 15.7. The topological polar surface area (TPSA) is 88.7 Å². The maximum atomic E-state index is 13.8. The summed E-state index contributed by atoms with van der Waals surface area (Å²) in [5, 5.41) is 1.08. The summed E-state index contributed by atoms with van der Waals surface area (Å²) in [5.74, 6) is 1.03. The number of aromatic amines is 1. The van der Waals surface area contributed by atoms with Crippen LogP contribution in [0.5, 0.6) is 11.5 Å². The Balaban J connectivity index is 1.81. The van der Waals surface area contributed by atoms with E-state index in [0.717, 1.165) is 31.1 Å². The summed E-state index contributed by atoms with van der Waals surface area (Å²) in [6.45, 7) is 1.72. The predicted molar refractivity (Wildman–Crippen MR) is 129 cm³/mol. The maximum Gasteiger partial charge on any atom is 0.252 e. The Bertz CT molecular complexity index is 1350. The van der Waals surface area contributed by atoms with Gasteiger partial charge in [0.05, 0.1) is 24.6 Å². The van der Waals surface area contributed by atoms with Gasteiger partial charge in [0.1, 0.15) is 0 Å². The molecule has 1 fully saturated rings. The molecule has 1 N–H and O–H groups in total. The molecule has 2 aromatic carbocycles. The van der Waals surface area contributed by atoms with Crippen molar-refractivity contribution in [1.82, 2.24) is 9.29 Å². The van der Waals surface area contributed by atoms with E-state index in [1.807, 2.05) is 0 Å². The van der Waals surface area contributed by atoms with Crippen molar-refractivity contribution in [3.8, 4) is 11.5 Å². The lowest BCUT2D eigenvalue weighted by atomic mass is 10.1. The summed E-state index contributed by atoms with van der Waals surface area (Å²) in [4.78, 5) is 16.0. The minimum atomic E-state index is -3.88. The lowest BCUT2D eigenvalue weighted by Gasteiger charge is -2.28. The van der Waals surface area contributed by atoms with Crippen LogP contribution < -0.4 is 15.0 Å². The van der Waals surface area contributed by atoms with E-state index in [1.54, 1.807) is 37.3 Å². The number of nitrogens with zero attached hydrogens (tertiary/aromatic N) is 1. The number of hydrogen-bond acceptors (Lipinski definition) is 5.